The van der Waals surface area contributed by atoms with Gasteiger partial charge in [-0.3, -0.25) is 9.52 Å². The van der Waals surface area contributed by atoms with Gasteiger partial charge in [-0.15, -0.1) is 0 Å². The summed E-state index contributed by atoms with van der Waals surface area (Å²) in [5.74, 6) is 0.507. The van der Waals surface area contributed by atoms with E-state index in [1.807, 2.05) is 38.1 Å². The van der Waals surface area contributed by atoms with Crippen LogP contribution in [-0.2, 0) is 10.0 Å². The molecular formula is C23H24N2O4S. The summed E-state index contributed by atoms with van der Waals surface area (Å²) in [5.41, 5.74) is 2.75. The van der Waals surface area contributed by atoms with E-state index in [0.717, 1.165) is 16.9 Å². The van der Waals surface area contributed by atoms with E-state index in [9.17, 15) is 13.2 Å². The van der Waals surface area contributed by atoms with E-state index in [1.165, 1.54) is 0 Å². The normalized spacial score (nSPS) is 12.1. The largest absolute Gasteiger partial charge is 0.497 e. The average Bonchev–Trinajstić information content (AvgIpc) is 2.74. The second kappa shape index (κ2) is 9.00. The molecule has 0 bridgehead atoms. The molecule has 0 aliphatic rings. The van der Waals surface area contributed by atoms with Crippen LogP contribution in [0.5, 0.6) is 5.75 Å². The molecule has 0 saturated carbocycles. The zero-order valence-corrected chi connectivity index (χ0v) is 17.9. The first-order valence-corrected chi connectivity index (χ1v) is 10.9. The molecule has 30 heavy (non-hydrogen) atoms. The highest BCUT2D eigenvalue weighted by molar-refractivity contribution is 7.92. The Morgan fingerprint density at radius 1 is 0.900 bits per heavy atom. The van der Waals surface area contributed by atoms with Crippen molar-refractivity contribution in [2.24, 2.45) is 0 Å². The van der Waals surface area contributed by atoms with Crippen molar-refractivity contribution in [3.8, 4) is 5.75 Å². The lowest BCUT2D eigenvalue weighted by atomic mass is 10.1. The molecule has 0 spiro atoms. The molecule has 7 heteroatoms. The van der Waals surface area contributed by atoms with Crippen LogP contribution >= 0.6 is 0 Å². The van der Waals surface area contributed by atoms with Crippen LogP contribution in [0.4, 0.5) is 5.69 Å². The van der Waals surface area contributed by atoms with Crippen molar-refractivity contribution in [2.45, 2.75) is 24.8 Å². The van der Waals surface area contributed by atoms with E-state index < -0.39 is 10.0 Å². The van der Waals surface area contributed by atoms with Gasteiger partial charge in [0.25, 0.3) is 15.9 Å². The molecule has 0 aliphatic carbocycles. The van der Waals surface area contributed by atoms with Crippen LogP contribution in [0.2, 0.25) is 0 Å². The number of anilines is 1. The lowest BCUT2D eigenvalue weighted by molar-refractivity contribution is 0.0940. The molecule has 0 fully saturated rings. The summed E-state index contributed by atoms with van der Waals surface area (Å²) in [6.45, 7) is 3.78. The van der Waals surface area contributed by atoms with Crippen molar-refractivity contribution in [1.82, 2.24) is 5.32 Å². The van der Waals surface area contributed by atoms with Crippen molar-refractivity contribution in [3.63, 3.8) is 0 Å². The fourth-order valence-corrected chi connectivity index (χ4v) is 3.94. The van der Waals surface area contributed by atoms with Crippen LogP contribution in [0.15, 0.2) is 77.7 Å². The zero-order chi connectivity index (χ0) is 21.7. The van der Waals surface area contributed by atoms with Gasteiger partial charge in [0, 0.05) is 11.3 Å². The van der Waals surface area contributed by atoms with Crippen LogP contribution in [0.25, 0.3) is 0 Å². The third-order valence-corrected chi connectivity index (χ3v) is 6.09. The van der Waals surface area contributed by atoms with Crippen molar-refractivity contribution in [3.05, 3.63) is 89.5 Å². The topological polar surface area (TPSA) is 84.5 Å². The number of aryl methyl sites for hydroxylation is 1. The van der Waals surface area contributed by atoms with E-state index in [-0.39, 0.29) is 16.8 Å². The Morgan fingerprint density at radius 3 is 2.07 bits per heavy atom. The standard InChI is InChI=1S/C23H24N2O4S/c1-16-4-14-22(15-5-16)30(27,28)25-20-10-6-19(7-11-20)23(26)24-17(2)18-8-12-21(29-3)13-9-18/h4-15,17,25H,1-3H3,(H,24,26). The Kier molecular flexibility index (Phi) is 6.42. The average molecular weight is 425 g/mol. The number of carbonyl (C=O) groups excluding carboxylic acids is 1. The van der Waals surface area contributed by atoms with E-state index in [0.29, 0.717) is 11.3 Å². The molecule has 1 unspecified atom stereocenters. The minimum Gasteiger partial charge on any atom is -0.497 e. The highest BCUT2D eigenvalue weighted by Crippen LogP contribution is 2.19. The highest BCUT2D eigenvalue weighted by atomic mass is 32.2. The summed E-state index contributed by atoms with van der Waals surface area (Å²) in [4.78, 5) is 12.7. The first kappa shape index (κ1) is 21.4. The van der Waals surface area contributed by atoms with Gasteiger partial charge in [-0.25, -0.2) is 8.42 Å². The lowest BCUT2D eigenvalue weighted by Crippen LogP contribution is -2.26. The monoisotopic (exact) mass is 424 g/mol. The summed E-state index contributed by atoms with van der Waals surface area (Å²) >= 11 is 0. The van der Waals surface area contributed by atoms with Crippen LogP contribution in [0.1, 0.15) is 34.5 Å². The molecule has 156 valence electrons. The van der Waals surface area contributed by atoms with Crippen LogP contribution < -0.4 is 14.8 Å². The molecule has 3 aromatic carbocycles. The number of hydrogen-bond acceptors (Lipinski definition) is 4. The van der Waals surface area contributed by atoms with Gasteiger partial charge in [0.05, 0.1) is 18.0 Å². The second-order valence-corrected chi connectivity index (χ2v) is 8.65. The molecule has 0 radical (unpaired) electrons. The van der Waals surface area contributed by atoms with Gasteiger partial charge in [0.2, 0.25) is 0 Å². The van der Waals surface area contributed by atoms with Gasteiger partial charge in [0.1, 0.15) is 5.75 Å². The number of benzene rings is 3. The number of rotatable bonds is 7. The molecular weight excluding hydrogens is 400 g/mol. The third-order valence-electron chi connectivity index (χ3n) is 4.69. The number of ether oxygens (including phenoxy) is 1. The van der Waals surface area contributed by atoms with E-state index >= 15 is 0 Å². The molecule has 3 aromatic rings. The maximum Gasteiger partial charge on any atom is 0.261 e. The number of nitrogens with one attached hydrogen (secondary N) is 2. The Hall–Kier alpha value is -3.32. The van der Waals surface area contributed by atoms with Crippen molar-refractivity contribution >= 4 is 21.6 Å². The highest BCUT2D eigenvalue weighted by Gasteiger charge is 2.15. The predicted molar refractivity (Wildman–Crippen MR) is 117 cm³/mol. The Bertz CT molecular complexity index is 1110. The second-order valence-electron chi connectivity index (χ2n) is 6.96. The van der Waals surface area contributed by atoms with E-state index in [1.54, 1.807) is 55.6 Å². The molecule has 6 nitrogen and oxygen atoms in total. The summed E-state index contributed by atoms with van der Waals surface area (Å²) < 4.78 is 32.6. The number of hydrogen-bond donors (Lipinski definition) is 2. The number of carbonyl (C=O) groups is 1. The van der Waals surface area contributed by atoms with Gasteiger partial charge in [-0.1, -0.05) is 29.8 Å². The summed E-state index contributed by atoms with van der Waals surface area (Å²) in [7, 11) is -2.08. The van der Waals surface area contributed by atoms with E-state index in [2.05, 4.69) is 10.0 Å². The van der Waals surface area contributed by atoms with Gasteiger partial charge in [-0.05, 0) is 67.9 Å². The van der Waals surface area contributed by atoms with Gasteiger partial charge in [-0.2, -0.15) is 0 Å². The van der Waals surface area contributed by atoms with Crippen molar-refractivity contribution in [1.29, 1.82) is 0 Å². The smallest absolute Gasteiger partial charge is 0.261 e. The number of amides is 1. The van der Waals surface area contributed by atoms with Gasteiger partial charge < -0.3 is 10.1 Å². The summed E-state index contributed by atoms with van der Waals surface area (Å²) in [6.07, 6.45) is 0. The maximum atomic E-state index is 12.5. The minimum atomic E-state index is -3.68. The van der Waals surface area contributed by atoms with E-state index in [4.69, 9.17) is 4.74 Å². The fraction of sp³-hybridized carbons (Fsp3) is 0.174. The Morgan fingerprint density at radius 2 is 1.50 bits per heavy atom. The molecule has 1 amide bonds. The number of sulfonamides is 1. The molecule has 0 heterocycles. The SMILES string of the molecule is COc1ccc(C(C)NC(=O)c2ccc(NS(=O)(=O)c3ccc(C)cc3)cc2)cc1. The Labute approximate surface area is 177 Å². The molecule has 1 atom stereocenters. The minimum absolute atomic E-state index is 0.184. The van der Waals surface area contributed by atoms with Crippen molar-refractivity contribution in [2.75, 3.05) is 11.8 Å². The first-order valence-electron chi connectivity index (χ1n) is 9.43. The molecule has 0 aromatic heterocycles. The third kappa shape index (κ3) is 5.18. The van der Waals surface area contributed by atoms with Crippen LogP contribution in [0.3, 0.4) is 0 Å². The molecule has 2 N–H and O–H groups in total. The molecule has 0 saturated heterocycles. The fourth-order valence-electron chi connectivity index (χ4n) is 2.88. The molecule has 3 rings (SSSR count). The van der Waals surface area contributed by atoms with Gasteiger partial charge in [0.15, 0.2) is 0 Å². The Balaban J connectivity index is 1.65. The van der Waals surface area contributed by atoms with Crippen LogP contribution in [-0.4, -0.2) is 21.4 Å². The number of methoxy groups -OCH3 is 1. The molecule has 0 aliphatic heterocycles. The quantitative estimate of drug-likeness (QED) is 0.592. The summed E-state index contributed by atoms with van der Waals surface area (Å²) in [6, 6.07) is 20.2. The van der Waals surface area contributed by atoms with Crippen LogP contribution in [0, 0.1) is 6.92 Å². The first-order chi connectivity index (χ1) is 14.3. The predicted octanol–water partition coefficient (Wildman–Crippen LogP) is 4.30. The van der Waals surface area contributed by atoms with Crippen molar-refractivity contribution < 1.29 is 17.9 Å². The summed E-state index contributed by atoms with van der Waals surface area (Å²) in [5, 5.41) is 2.93. The van der Waals surface area contributed by atoms with Gasteiger partial charge >= 0.3 is 0 Å². The lowest BCUT2D eigenvalue weighted by Gasteiger charge is -2.15. The zero-order valence-electron chi connectivity index (χ0n) is 17.0. The maximum absolute atomic E-state index is 12.5.